The molecule has 0 fully saturated rings. The van der Waals surface area contributed by atoms with Gasteiger partial charge in [0, 0.05) is 26.2 Å². The second-order valence-corrected chi connectivity index (χ2v) is 6.77. The van der Waals surface area contributed by atoms with Crippen molar-refractivity contribution in [2.75, 3.05) is 19.0 Å². The topological polar surface area (TPSA) is 94.1 Å². The summed E-state index contributed by atoms with van der Waals surface area (Å²) in [6, 6.07) is 1.44. The molecule has 0 radical (unpaired) electrons. The van der Waals surface area contributed by atoms with Gasteiger partial charge in [-0.05, 0) is 13.8 Å². The lowest BCUT2D eigenvalue weighted by molar-refractivity contribution is 0.413. The molecule has 2 rings (SSSR count). The van der Waals surface area contributed by atoms with Gasteiger partial charge in [0.15, 0.2) is 0 Å². The monoisotopic (exact) mass is 299 g/mol. The number of hydrogen-bond acceptors (Lipinski definition) is 7. The van der Waals surface area contributed by atoms with Crippen molar-refractivity contribution in [1.82, 2.24) is 19.9 Å². The highest BCUT2D eigenvalue weighted by atomic mass is 32.2. The smallest absolute Gasteiger partial charge is 0.251 e. The van der Waals surface area contributed by atoms with Crippen LogP contribution >= 0.6 is 0 Å². The van der Waals surface area contributed by atoms with E-state index in [1.807, 2.05) is 13.8 Å². The fourth-order valence-electron chi connectivity index (χ4n) is 1.81. The van der Waals surface area contributed by atoms with Gasteiger partial charge in [0.25, 0.3) is 5.16 Å². The molecule has 0 N–H and O–H groups in total. The molecule has 0 aliphatic heterocycles. The van der Waals surface area contributed by atoms with E-state index in [4.69, 9.17) is 0 Å². The van der Waals surface area contributed by atoms with Gasteiger partial charge >= 0.3 is 0 Å². The number of anilines is 1. The Bertz CT molecular complexity index is 673. The van der Waals surface area contributed by atoms with E-state index in [-0.39, 0.29) is 17.0 Å². The molecule has 0 amide bonds. The molecule has 0 bridgehead atoms. The van der Waals surface area contributed by atoms with Gasteiger partial charge in [0.1, 0.15) is 12.0 Å². The minimum absolute atomic E-state index is 0.0563. The van der Waals surface area contributed by atoms with Crippen molar-refractivity contribution in [2.45, 2.75) is 30.8 Å². The highest BCUT2D eigenvalue weighted by Gasteiger charge is 2.28. The van der Waals surface area contributed by atoms with E-state index in [2.05, 4.69) is 19.9 Å². The van der Waals surface area contributed by atoms with Crippen molar-refractivity contribution in [3.63, 3.8) is 0 Å². The Kier molecular flexibility index (Phi) is 3.80. The third-order valence-corrected chi connectivity index (χ3v) is 4.18. The maximum Gasteiger partial charge on any atom is 0.251 e. The van der Waals surface area contributed by atoms with Crippen LogP contribution in [0.2, 0.25) is 0 Å². The van der Waals surface area contributed by atoms with Crippen LogP contribution in [0.5, 0.6) is 0 Å². The van der Waals surface area contributed by atoms with Crippen molar-refractivity contribution in [3.05, 3.63) is 18.0 Å². The van der Waals surface area contributed by atoms with E-state index in [0.717, 1.165) is 0 Å². The van der Waals surface area contributed by atoms with Crippen molar-refractivity contribution in [2.24, 2.45) is 0 Å². The van der Waals surface area contributed by atoms with Gasteiger partial charge in [-0.1, -0.05) is 5.16 Å². The maximum absolute atomic E-state index is 12.4. The lowest BCUT2D eigenvalue weighted by atomic mass is 10.4. The largest absolute Gasteiger partial charge is 0.364 e. The summed E-state index contributed by atoms with van der Waals surface area (Å²) in [5.74, 6) is 0.237. The Hall–Kier alpha value is -1.90. The summed E-state index contributed by atoms with van der Waals surface area (Å²) >= 11 is 0. The molecule has 2 heterocycles. The minimum atomic E-state index is -3.63. The molecule has 0 aliphatic rings. The van der Waals surface area contributed by atoms with E-state index >= 15 is 0 Å². The van der Waals surface area contributed by atoms with Crippen LogP contribution < -0.4 is 4.90 Å². The number of aromatic nitrogens is 4. The predicted octanol–water partition coefficient (Wildman–Crippen LogP) is 0.887. The highest BCUT2D eigenvalue weighted by Crippen LogP contribution is 2.23. The van der Waals surface area contributed by atoms with E-state index in [1.54, 1.807) is 23.6 Å². The zero-order chi connectivity index (χ0) is 14.9. The van der Waals surface area contributed by atoms with Gasteiger partial charge in [-0.15, -0.1) is 10.2 Å². The zero-order valence-corrected chi connectivity index (χ0v) is 12.6. The number of sulfone groups is 1. The fraction of sp³-hybridized carbons (Fsp3) is 0.545. The van der Waals surface area contributed by atoms with Crippen LogP contribution in [0.1, 0.15) is 25.6 Å². The number of rotatable bonds is 5. The molecule has 2 aromatic rings. The standard InChI is InChI=1S/C11H17N5O3S/c1-8(2)16-10(15(3)4)12-13-11(16)20(17,18)7-9-5-6-19-14-9/h5-6,8H,7H2,1-4H3. The fourth-order valence-corrected chi connectivity index (χ4v) is 3.23. The number of hydrogen-bond donors (Lipinski definition) is 0. The first kappa shape index (κ1) is 14.5. The van der Waals surface area contributed by atoms with Crippen LogP contribution in [0.4, 0.5) is 5.95 Å². The van der Waals surface area contributed by atoms with Crippen molar-refractivity contribution in [1.29, 1.82) is 0 Å². The Labute approximate surface area is 117 Å². The highest BCUT2D eigenvalue weighted by molar-refractivity contribution is 7.90. The van der Waals surface area contributed by atoms with Gasteiger partial charge < -0.3 is 9.42 Å². The van der Waals surface area contributed by atoms with Gasteiger partial charge in [0.2, 0.25) is 15.8 Å². The molecular weight excluding hydrogens is 282 g/mol. The lowest BCUT2D eigenvalue weighted by Crippen LogP contribution is -2.20. The Morgan fingerprint density at radius 3 is 2.55 bits per heavy atom. The molecule has 20 heavy (non-hydrogen) atoms. The third kappa shape index (κ3) is 2.67. The van der Waals surface area contributed by atoms with Crippen LogP contribution in [-0.2, 0) is 15.6 Å². The zero-order valence-electron chi connectivity index (χ0n) is 11.8. The van der Waals surface area contributed by atoms with Crippen LogP contribution in [0, 0.1) is 0 Å². The maximum atomic E-state index is 12.4. The van der Waals surface area contributed by atoms with Gasteiger partial charge in [-0.25, -0.2) is 8.42 Å². The van der Waals surface area contributed by atoms with Crippen molar-refractivity contribution < 1.29 is 12.9 Å². The Balaban J connectivity index is 2.46. The summed E-state index contributed by atoms with van der Waals surface area (Å²) < 4.78 is 31.1. The van der Waals surface area contributed by atoms with Crippen LogP contribution in [0.15, 0.2) is 22.0 Å². The second-order valence-electron chi connectivity index (χ2n) is 4.89. The molecule has 0 saturated carbocycles. The molecule has 9 heteroatoms. The van der Waals surface area contributed by atoms with Crippen molar-refractivity contribution in [3.8, 4) is 0 Å². The molecular formula is C11H17N5O3S. The summed E-state index contributed by atoms with van der Waals surface area (Å²) in [4.78, 5) is 1.72. The van der Waals surface area contributed by atoms with E-state index in [9.17, 15) is 8.42 Å². The van der Waals surface area contributed by atoms with Gasteiger partial charge in [0.05, 0.1) is 5.69 Å². The summed E-state index contributed by atoms with van der Waals surface area (Å²) in [6.07, 6.45) is 1.34. The normalized spacial score (nSPS) is 12.1. The first-order valence-corrected chi connectivity index (χ1v) is 7.72. The molecule has 0 spiro atoms. The van der Waals surface area contributed by atoms with E-state index in [0.29, 0.717) is 11.6 Å². The summed E-state index contributed by atoms with van der Waals surface area (Å²) in [5.41, 5.74) is 0.342. The van der Waals surface area contributed by atoms with Crippen molar-refractivity contribution >= 4 is 15.8 Å². The predicted molar refractivity (Wildman–Crippen MR) is 72.1 cm³/mol. The molecule has 0 unspecified atom stereocenters. The molecule has 8 nitrogen and oxygen atoms in total. The quantitative estimate of drug-likeness (QED) is 0.809. The van der Waals surface area contributed by atoms with E-state index in [1.165, 1.54) is 12.3 Å². The molecule has 110 valence electrons. The van der Waals surface area contributed by atoms with Gasteiger partial charge in [-0.3, -0.25) is 4.57 Å². The summed E-state index contributed by atoms with van der Waals surface area (Å²) in [6.45, 7) is 3.76. The number of nitrogens with zero attached hydrogens (tertiary/aromatic N) is 5. The minimum Gasteiger partial charge on any atom is -0.364 e. The Morgan fingerprint density at radius 2 is 2.05 bits per heavy atom. The summed E-state index contributed by atoms with van der Waals surface area (Å²) in [7, 11) is -0.0542. The SMILES string of the molecule is CC(C)n1c(N(C)C)nnc1S(=O)(=O)Cc1ccon1. The second kappa shape index (κ2) is 5.23. The van der Waals surface area contributed by atoms with Crippen LogP contribution in [0.25, 0.3) is 0 Å². The molecule has 0 saturated heterocycles. The van der Waals surface area contributed by atoms with Crippen LogP contribution in [-0.4, -0.2) is 42.4 Å². The average Bonchev–Trinajstić information content (AvgIpc) is 2.95. The van der Waals surface area contributed by atoms with Crippen LogP contribution in [0.3, 0.4) is 0 Å². The molecule has 2 aromatic heterocycles. The Morgan fingerprint density at radius 1 is 1.35 bits per heavy atom. The van der Waals surface area contributed by atoms with E-state index < -0.39 is 9.84 Å². The third-order valence-electron chi connectivity index (χ3n) is 2.67. The first-order valence-electron chi connectivity index (χ1n) is 6.07. The molecule has 0 aromatic carbocycles. The van der Waals surface area contributed by atoms with Gasteiger partial charge in [-0.2, -0.15) is 0 Å². The lowest BCUT2D eigenvalue weighted by Gasteiger charge is -2.17. The molecule has 0 atom stereocenters. The molecule has 0 aliphatic carbocycles. The average molecular weight is 299 g/mol. The summed E-state index contributed by atoms with van der Waals surface area (Å²) in [5, 5.41) is 11.3. The first-order chi connectivity index (χ1) is 9.33.